The second-order valence-corrected chi connectivity index (χ2v) is 9.98. The van der Waals surface area contributed by atoms with Gasteiger partial charge in [-0.3, -0.25) is 14.5 Å². The molecule has 2 aromatic carbocycles. The zero-order chi connectivity index (χ0) is 23.0. The molecule has 31 heavy (non-hydrogen) atoms. The van der Waals surface area contributed by atoms with Crippen LogP contribution in [0.4, 0.5) is 5.69 Å². The fraction of sp³-hybridized carbons (Fsp3) is 0.364. The van der Waals surface area contributed by atoms with E-state index in [-0.39, 0.29) is 12.5 Å². The van der Waals surface area contributed by atoms with Gasteiger partial charge in [0.05, 0.1) is 23.9 Å². The number of carboxylic acid groups (broad SMARTS) is 1. The molecule has 0 aliphatic heterocycles. The molecule has 9 heteroatoms. The zero-order valence-corrected chi connectivity index (χ0v) is 20.0. The van der Waals surface area contributed by atoms with E-state index in [4.69, 9.17) is 27.9 Å². The SMILES string of the molecule is COCCN(CC(=O)Nc1ccc(Cl)cc1Cl)Cc1ccc(SC(C)(C)C(=O)O)cc1. The van der Waals surface area contributed by atoms with Crippen molar-refractivity contribution in [3.8, 4) is 0 Å². The number of anilines is 1. The van der Waals surface area contributed by atoms with Gasteiger partial charge < -0.3 is 15.2 Å². The van der Waals surface area contributed by atoms with Gasteiger partial charge in [-0.2, -0.15) is 0 Å². The second-order valence-electron chi connectivity index (χ2n) is 7.44. The van der Waals surface area contributed by atoms with Crippen LogP contribution >= 0.6 is 35.0 Å². The highest BCUT2D eigenvalue weighted by atomic mass is 35.5. The number of ether oxygens (including phenoxy) is 1. The Labute approximate surface area is 196 Å². The van der Waals surface area contributed by atoms with Crippen molar-refractivity contribution in [3.63, 3.8) is 0 Å². The van der Waals surface area contributed by atoms with Crippen LogP contribution < -0.4 is 5.32 Å². The van der Waals surface area contributed by atoms with Gasteiger partial charge >= 0.3 is 5.97 Å². The minimum absolute atomic E-state index is 0.158. The fourth-order valence-electron chi connectivity index (χ4n) is 2.68. The van der Waals surface area contributed by atoms with Crippen LogP contribution in [0.25, 0.3) is 0 Å². The first-order valence-corrected chi connectivity index (χ1v) is 11.2. The van der Waals surface area contributed by atoms with Gasteiger partial charge in [-0.25, -0.2) is 0 Å². The maximum atomic E-state index is 12.5. The van der Waals surface area contributed by atoms with E-state index in [0.29, 0.717) is 35.4 Å². The van der Waals surface area contributed by atoms with E-state index in [1.807, 2.05) is 29.2 Å². The number of benzene rings is 2. The van der Waals surface area contributed by atoms with Crippen LogP contribution in [0.15, 0.2) is 47.4 Å². The first-order valence-electron chi connectivity index (χ1n) is 9.58. The number of nitrogens with zero attached hydrogens (tertiary/aromatic N) is 1. The van der Waals surface area contributed by atoms with Gasteiger partial charge in [0.25, 0.3) is 0 Å². The fourth-order valence-corrected chi connectivity index (χ4v) is 4.08. The van der Waals surface area contributed by atoms with Crippen molar-refractivity contribution >= 4 is 52.5 Å². The van der Waals surface area contributed by atoms with Crippen molar-refractivity contribution in [2.45, 2.75) is 30.0 Å². The quantitative estimate of drug-likeness (QED) is 0.435. The molecule has 2 N–H and O–H groups in total. The Morgan fingerprint density at radius 3 is 2.42 bits per heavy atom. The molecule has 2 aromatic rings. The van der Waals surface area contributed by atoms with Gasteiger partial charge in [0, 0.05) is 30.1 Å². The molecule has 0 saturated carbocycles. The lowest BCUT2D eigenvalue weighted by molar-refractivity contribution is -0.138. The van der Waals surface area contributed by atoms with E-state index in [0.717, 1.165) is 10.5 Å². The zero-order valence-electron chi connectivity index (χ0n) is 17.7. The predicted octanol–water partition coefficient (Wildman–Crippen LogP) is 5.04. The molecule has 0 heterocycles. The average molecular weight is 485 g/mol. The first kappa shape index (κ1) is 25.5. The van der Waals surface area contributed by atoms with E-state index < -0.39 is 10.7 Å². The summed E-state index contributed by atoms with van der Waals surface area (Å²) in [5.41, 5.74) is 1.51. The van der Waals surface area contributed by atoms with Gasteiger partial charge in [0.15, 0.2) is 0 Å². The number of methoxy groups -OCH3 is 1. The standard InChI is InChI=1S/C22H26Cl2N2O4S/c1-22(2,21(28)29)31-17-7-4-15(5-8-17)13-26(10-11-30-3)14-20(27)25-19-9-6-16(23)12-18(19)24/h4-9,12H,10-11,13-14H2,1-3H3,(H,25,27)(H,28,29). The molecule has 0 atom stereocenters. The number of amides is 1. The minimum Gasteiger partial charge on any atom is -0.480 e. The molecule has 0 bridgehead atoms. The third-order valence-electron chi connectivity index (χ3n) is 4.40. The summed E-state index contributed by atoms with van der Waals surface area (Å²) in [5.74, 6) is -1.06. The normalized spacial score (nSPS) is 11.5. The highest BCUT2D eigenvalue weighted by molar-refractivity contribution is 8.01. The maximum absolute atomic E-state index is 12.5. The average Bonchev–Trinajstić information content (AvgIpc) is 2.69. The third-order valence-corrected chi connectivity index (χ3v) is 6.14. The molecule has 6 nitrogen and oxygen atoms in total. The summed E-state index contributed by atoms with van der Waals surface area (Å²) < 4.78 is 4.26. The van der Waals surface area contributed by atoms with E-state index in [9.17, 15) is 14.7 Å². The van der Waals surface area contributed by atoms with Crippen molar-refractivity contribution < 1.29 is 19.4 Å². The van der Waals surface area contributed by atoms with Gasteiger partial charge in [-0.05, 0) is 49.7 Å². The number of carboxylic acids is 1. The van der Waals surface area contributed by atoms with Gasteiger partial charge in [0.2, 0.25) is 5.91 Å². The summed E-state index contributed by atoms with van der Waals surface area (Å²) in [4.78, 5) is 26.7. The van der Waals surface area contributed by atoms with Crippen LogP contribution in [0.3, 0.4) is 0 Å². The Morgan fingerprint density at radius 1 is 1.16 bits per heavy atom. The highest BCUT2D eigenvalue weighted by Crippen LogP contribution is 2.32. The molecule has 0 aromatic heterocycles. The number of carbonyl (C=O) groups excluding carboxylic acids is 1. The molecule has 0 aliphatic carbocycles. The maximum Gasteiger partial charge on any atom is 0.319 e. The predicted molar refractivity (Wildman–Crippen MR) is 126 cm³/mol. The van der Waals surface area contributed by atoms with Crippen LogP contribution in [-0.2, 0) is 20.9 Å². The Morgan fingerprint density at radius 2 is 1.84 bits per heavy atom. The molecule has 0 radical (unpaired) electrons. The summed E-state index contributed by atoms with van der Waals surface area (Å²) in [7, 11) is 1.61. The Balaban J connectivity index is 2.01. The molecule has 0 spiro atoms. The number of hydrogen-bond donors (Lipinski definition) is 2. The summed E-state index contributed by atoms with van der Waals surface area (Å²) in [6.07, 6.45) is 0. The molecule has 0 aliphatic rings. The highest BCUT2D eigenvalue weighted by Gasteiger charge is 2.28. The van der Waals surface area contributed by atoms with Crippen LogP contribution in [0.5, 0.6) is 0 Å². The number of thioether (sulfide) groups is 1. The third kappa shape index (κ3) is 8.35. The smallest absolute Gasteiger partial charge is 0.319 e. The van der Waals surface area contributed by atoms with E-state index in [1.54, 1.807) is 39.2 Å². The van der Waals surface area contributed by atoms with Crippen molar-refractivity contribution in [1.82, 2.24) is 4.90 Å². The van der Waals surface area contributed by atoms with Crippen LogP contribution in [0, 0.1) is 0 Å². The van der Waals surface area contributed by atoms with Crippen molar-refractivity contribution in [1.29, 1.82) is 0 Å². The molecule has 1 amide bonds. The van der Waals surface area contributed by atoms with Gasteiger partial charge in [0.1, 0.15) is 4.75 Å². The second kappa shape index (κ2) is 11.7. The molecule has 2 rings (SSSR count). The first-order chi connectivity index (χ1) is 14.6. The van der Waals surface area contributed by atoms with Crippen molar-refractivity contribution in [3.05, 3.63) is 58.1 Å². The molecule has 168 valence electrons. The topological polar surface area (TPSA) is 78.9 Å². The summed E-state index contributed by atoms with van der Waals surface area (Å²) in [6.45, 7) is 5.09. The molecule has 0 saturated heterocycles. The number of rotatable bonds is 11. The lowest BCUT2D eigenvalue weighted by atomic mass is 10.2. The molecule has 0 fully saturated rings. The lowest BCUT2D eigenvalue weighted by Crippen LogP contribution is -2.35. The van der Waals surface area contributed by atoms with Crippen LogP contribution in [0.2, 0.25) is 10.0 Å². The van der Waals surface area contributed by atoms with E-state index >= 15 is 0 Å². The van der Waals surface area contributed by atoms with Crippen molar-refractivity contribution in [2.24, 2.45) is 0 Å². The Bertz CT molecular complexity index is 907. The Hall–Kier alpha value is -1.77. The number of carbonyl (C=O) groups is 2. The van der Waals surface area contributed by atoms with Gasteiger partial charge in [-0.1, -0.05) is 35.3 Å². The van der Waals surface area contributed by atoms with Crippen molar-refractivity contribution in [2.75, 3.05) is 32.1 Å². The number of halogens is 2. The summed E-state index contributed by atoms with van der Waals surface area (Å²) in [5, 5.41) is 13.0. The molecular weight excluding hydrogens is 459 g/mol. The number of nitrogens with one attached hydrogen (secondary N) is 1. The molecule has 0 unspecified atom stereocenters. The number of hydrogen-bond acceptors (Lipinski definition) is 5. The Kier molecular flexibility index (Phi) is 9.65. The molecular formula is C22H26Cl2N2O4S. The van der Waals surface area contributed by atoms with E-state index in [1.165, 1.54) is 11.8 Å². The van der Waals surface area contributed by atoms with Crippen LogP contribution in [0.1, 0.15) is 19.4 Å². The monoisotopic (exact) mass is 484 g/mol. The number of aliphatic carboxylic acids is 1. The van der Waals surface area contributed by atoms with E-state index in [2.05, 4.69) is 5.32 Å². The minimum atomic E-state index is -0.910. The van der Waals surface area contributed by atoms with Crippen LogP contribution in [-0.4, -0.2) is 53.4 Å². The largest absolute Gasteiger partial charge is 0.480 e. The van der Waals surface area contributed by atoms with Gasteiger partial charge in [-0.15, -0.1) is 11.8 Å². The summed E-state index contributed by atoms with van der Waals surface area (Å²) >= 11 is 13.3. The summed E-state index contributed by atoms with van der Waals surface area (Å²) in [6, 6.07) is 12.6. The lowest BCUT2D eigenvalue weighted by Gasteiger charge is -2.22.